The highest BCUT2D eigenvalue weighted by Gasteiger charge is 2.32. The van der Waals surface area contributed by atoms with Gasteiger partial charge in [0.15, 0.2) is 0 Å². The van der Waals surface area contributed by atoms with Gasteiger partial charge in [0.2, 0.25) is 11.8 Å². The minimum absolute atomic E-state index is 0.0355. The van der Waals surface area contributed by atoms with Crippen molar-refractivity contribution >= 4 is 17.5 Å². The topological polar surface area (TPSA) is 52.7 Å². The second-order valence-electron chi connectivity index (χ2n) is 8.77. The molecule has 0 aliphatic carbocycles. The van der Waals surface area contributed by atoms with Gasteiger partial charge in [-0.05, 0) is 43.4 Å². The Kier molecular flexibility index (Phi) is 7.28. The predicted octanol–water partition coefficient (Wildman–Crippen LogP) is 3.09. The molecule has 1 saturated heterocycles. The van der Waals surface area contributed by atoms with E-state index in [1.165, 1.54) is 11.3 Å². The van der Waals surface area contributed by atoms with Gasteiger partial charge >= 0.3 is 0 Å². The van der Waals surface area contributed by atoms with Crippen molar-refractivity contribution in [3.63, 3.8) is 0 Å². The second-order valence-corrected chi connectivity index (χ2v) is 8.77. The minimum atomic E-state index is -0.347. The molecule has 0 bridgehead atoms. The first kappa shape index (κ1) is 21.3. The van der Waals surface area contributed by atoms with Crippen LogP contribution in [0, 0.1) is 11.3 Å². The lowest BCUT2D eigenvalue weighted by atomic mass is 9.90. The molecule has 1 aliphatic heterocycles. The lowest BCUT2D eigenvalue weighted by Crippen LogP contribution is -2.46. The van der Waals surface area contributed by atoms with Crippen LogP contribution in [0.15, 0.2) is 24.3 Å². The molecule has 0 radical (unpaired) electrons. The molecule has 0 aromatic heterocycles. The summed E-state index contributed by atoms with van der Waals surface area (Å²) in [5.74, 6) is 0.357. The molecular weight excluding hydrogens is 338 g/mol. The molecule has 1 N–H and O–H groups in total. The van der Waals surface area contributed by atoms with Gasteiger partial charge in [-0.3, -0.25) is 9.59 Å². The van der Waals surface area contributed by atoms with E-state index in [2.05, 4.69) is 34.5 Å². The summed E-state index contributed by atoms with van der Waals surface area (Å²) in [5, 5.41) is 3.08. The summed E-state index contributed by atoms with van der Waals surface area (Å²) in [7, 11) is 4.07. The number of benzene rings is 1. The SMILES string of the molecule is CN(C)c1ccc(CCCNC(=O)C2CCN(C(=O)C(C)(C)C)CC2)cc1. The minimum Gasteiger partial charge on any atom is -0.378 e. The number of nitrogens with zero attached hydrogens (tertiary/aromatic N) is 2. The summed E-state index contributed by atoms with van der Waals surface area (Å²) < 4.78 is 0. The van der Waals surface area contributed by atoms with Crippen LogP contribution in [0.2, 0.25) is 0 Å². The molecule has 1 aromatic carbocycles. The summed E-state index contributed by atoms with van der Waals surface area (Å²) in [5.41, 5.74) is 2.15. The van der Waals surface area contributed by atoms with Gasteiger partial charge in [-0.25, -0.2) is 0 Å². The molecule has 1 aromatic rings. The van der Waals surface area contributed by atoms with Gasteiger partial charge in [0, 0.05) is 50.7 Å². The summed E-state index contributed by atoms with van der Waals surface area (Å²) in [4.78, 5) is 28.7. The van der Waals surface area contributed by atoms with E-state index in [1.54, 1.807) is 0 Å². The van der Waals surface area contributed by atoms with Crippen LogP contribution in [0.5, 0.6) is 0 Å². The molecule has 5 nitrogen and oxygen atoms in total. The average molecular weight is 374 g/mol. The van der Waals surface area contributed by atoms with E-state index >= 15 is 0 Å². The molecule has 0 unspecified atom stereocenters. The zero-order chi connectivity index (χ0) is 20.0. The fraction of sp³-hybridized carbons (Fsp3) is 0.636. The number of anilines is 1. The zero-order valence-electron chi connectivity index (χ0n) is 17.5. The predicted molar refractivity (Wildman–Crippen MR) is 111 cm³/mol. The number of nitrogens with one attached hydrogen (secondary N) is 1. The van der Waals surface area contributed by atoms with Crippen LogP contribution in [0.3, 0.4) is 0 Å². The van der Waals surface area contributed by atoms with Crippen molar-refractivity contribution in [2.24, 2.45) is 11.3 Å². The first-order valence-electron chi connectivity index (χ1n) is 10.0. The number of carbonyl (C=O) groups is 2. The van der Waals surface area contributed by atoms with Gasteiger partial charge in [-0.1, -0.05) is 32.9 Å². The highest BCUT2D eigenvalue weighted by atomic mass is 16.2. The summed E-state index contributed by atoms with van der Waals surface area (Å²) >= 11 is 0. The van der Waals surface area contributed by atoms with Gasteiger partial charge in [0.05, 0.1) is 0 Å². The van der Waals surface area contributed by atoms with Gasteiger partial charge in [0.25, 0.3) is 0 Å². The average Bonchev–Trinajstić information content (AvgIpc) is 2.64. The van der Waals surface area contributed by atoms with E-state index in [0.717, 1.165) is 25.7 Å². The number of aryl methyl sites for hydroxylation is 1. The van der Waals surface area contributed by atoms with Crippen molar-refractivity contribution < 1.29 is 9.59 Å². The lowest BCUT2D eigenvalue weighted by molar-refractivity contribution is -0.142. The van der Waals surface area contributed by atoms with Crippen molar-refractivity contribution in [1.82, 2.24) is 10.2 Å². The monoisotopic (exact) mass is 373 g/mol. The third-order valence-electron chi connectivity index (χ3n) is 5.19. The number of rotatable bonds is 6. The van der Waals surface area contributed by atoms with E-state index < -0.39 is 0 Å². The van der Waals surface area contributed by atoms with E-state index in [1.807, 2.05) is 39.8 Å². The molecule has 150 valence electrons. The Bertz CT molecular complexity index is 624. The third kappa shape index (κ3) is 6.26. The Labute approximate surface area is 164 Å². The maximum Gasteiger partial charge on any atom is 0.227 e. The summed E-state index contributed by atoms with van der Waals surface area (Å²) in [6.45, 7) is 7.92. The van der Waals surface area contributed by atoms with Crippen molar-refractivity contribution in [1.29, 1.82) is 0 Å². The normalized spacial score (nSPS) is 15.5. The van der Waals surface area contributed by atoms with Crippen LogP contribution in [0.1, 0.15) is 45.6 Å². The highest BCUT2D eigenvalue weighted by Crippen LogP contribution is 2.23. The number of likely N-dealkylation sites (tertiary alicyclic amines) is 1. The second kappa shape index (κ2) is 9.25. The first-order valence-corrected chi connectivity index (χ1v) is 10.0. The van der Waals surface area contributed by atoms with Gasteiger partial charge in [-0.15, -0.1) is 0 Å². The smallest absolute Gasteiger partial charge is 0.227 e. The number of hydrogen-bond donors (Lipinski definition) is 1. The molecule has 5 heteroatoms. The van der Waals surface area contributed by atoms with Crippen LogP contribution in [0.4, 0.5) is 5.69 Å². The molecular formula is C22H35N3O2. The van der Waals surface area contributed by atoms with Gasteiger partial charge in [-0.2, -0.15) is 0 Å². The lowest BCUT2D eigenvalue weighted by Gasteiger charge is -2.35. The Morgan fingerprint density at radius 1 is 1.11 bits per heavy atom. The number of amides is 2. The van der Waals surface area contributed by atoms with Crippen molar-refractivity contribution in [2.75, 3.05) is 38.6 Å². The standard InChI is InChI=1S/C22H35N3O2/c1-22(2,3)21(27)25-15-12-18(13-16-25)20(26)23-14-6-7-17-8-10-19(11-9-17)24(4)5/h8-11,18H,6-7,12-16H2,1-5H3,(H,23,26). The molecule has 1 aliphatic rings. The van der Waals surface area contributed by atoms with E-state index in [-0.39, 0.29) is 23.1 Å². The molecule has 2 amide bonds. The third-order valence-corrected chi connectivity index (χ3v) is 5.19. The zero-order valence-corrected chi connectivity index (χ0v) is 17.5. The first-order chi connectivity index (χ1) is 12.7. The Hall–Kier alpha value is -2.04. The summed E-state index contributed by atoms with van der Waals surface area (Å²) in [6.07, 6.45) is 3.43. The molecule has 1 heterocycles. The van der Waals surface area contributed by atoms with Crippen LogP contribution in [-0.2, 0) is 16.0 Å². The van der Waals surface area contributed by atoms with Crippen molar-refractivity contribution in [2.45, 2.75) is 46.5 Å². The Balaban J connectivity index is 1.67. The molecule has 0 atom stereocenters. The van der Waals surface area contributed by atoms with E-state index in [4.69, 9.17) is 0 Å². The number of carbonyl (C=O) groups excluding carboxylic acids is 2. The molecule has 0 saturated carbocycles. The highest BCUT2D eigenvalue weighted by molar-refractivity contribution is 5.82. The van der Waals surface area contributed by atoms with Crippen molar-refractivity contribution in [3.05, 3.63) is 29.8 Å². The number of hydrogen-bond acceptors (Lipinski definition) is 3. The molecule has 2 rings (SSSR count). The van der Waals surface area contributed by atoms with Crippen LogP contribution in [-0.4, -0.2) is 50.4 Å². The van der Waals surface area contributed by atoms with Crippen LogP contribution < -0.4 is 10.2 Å². The molecule has 27 heavy (non-hydrogen) atoms. The largest absolute Gasteiger partial charge is 0.378 e. The van der Waals surface area contributed by atoms with Crippen LogP contribution >= 0.6 is 0 Å². The maximum atomic E-state index is 12.4. The fourth-order valence-corrected chi connectivity index (χ4v) is 3.43. The molecule has 1 fully saturated rings. The maximum absolute atomic E-state index is 12.4. The van der Waals surface area contributed by atoms with Gasteiger partial charge < -0.3 is 15.1 Å². The van der Waals surface area contributed by atoms with E-state index in [0.29, 0.717) is 19.6 Å². The molecule has 0 spiro atoms. The van der Waals surface area contributed by atoms with Gasteiger partial charge in [0.1, 0.15) is 0 Å². The summed E-state index contributed by atoms with van der Waals surface area (Å²) in [6, 6.07) is 8.55. The van der Waals surface area contributed by atoms with Crippen molar-refractivity contribution in [3.8, 4) is 0 Å². The fourth-order valence-electron chi connectivity index (χ4n) is 3.43. The van der Waals surface area contributed by atoms with E-state index in [9.17, 15) is 9.59 Å². The quantitative estimate of drug-likeness (QED) is 0.780. The van der Waals surface area contributed by atoms with Crippen LogP contribution in [0.25, 0.3) is 0 Å². The Morgan fingerprint density at radius 2 is 1.70 bits per heavy atom. The Morgan fingerprint density at radius 3 is 2.22 bits per heavy atom. The number of piperidine rings is 1.